The molecule has 0 saturated heterocycles. The number of aromatic nitrogens is 2. The topological polar surface area (TPSA) is 76.7 Å². The van der Waals surface area contributed by atoms with Crippen LogP contribution in [0.25, 0.3) is 27.4 Å². The zero-order valence-corrected chi connectivity index (χ0v) is 30.2. The number of carboxylic acids is 1. The molecule has 0 spiro atoms. The summed E-state index contributed by atoms with van der Waals surface area (Å²) >= 11 is 7.02. The first-order valence-electron chi connectivity index (χ1n) is 16.8. The second-order valence-electron chi connectivity index (χ2n) is 13.6. The predicted octanol–water partition coefficient (Wildman–Crippen LogP) is 9.84. The first-order valence-corrected chi connectivity index (χ1v) is 17.2. The molecule has 1 amide bonds. The second-order valence-corrected chi connectivity index (χ2v) is 14.0. The molecule has 5 aromatic rings. The van der Waals surface area contributed by atoms with Crippen LogP contribution in [0.3, 0.4) is 0 Å². The van der Waals surface area contributed by atoms with E-state index >= 15 is 0 Å². The molecule has 254 valence electrons. The van der Waals surface area contributed by atoms with Crippen molar-refractivity contribution in [1.82, 2.24) is 9.13 Å². The molecule has 0 saturated carbocycles. The maximum absolute atomic E-state index is 14.9. The van der Waals surface area contributed by atoms with Crippen molar-refractivity contribution in [2.75, 3.05) is 18.1 Å². The number of carbonyl (C=O) groups is 2. The van der Waals surface area contributed by atoms with Gasteiger partial charge in [0.2, 0.25) is 0 Å². The van der Waals surface area contributed by atoms with Gasteiger partial charge in [-0.25, -0.2) is 4.79 Å². The number of ether oxygens (including phenoxy) is 1. The number of halogens is 1. The number of nitrogens with zero attached hydrogens (tertiary/aromatic N) is 3. The van der Waals surface area contributed by atoms with E-state index in [1.54, 1.807) is 17.0 Å². The summed E-state index contributed by atoms with van der Waals surface area (Å²) in [5.74, 6) is -0.338. The molecule has 1 aliphatic rings. The van der Waals surface area contributed by atoms with Crippen molar-refractivity contribution in [2.24, 2.45) is 7.05 Å². The van der Waals surface area contributed by atoms with E-state index in [9.17, 15) is 14.7 Å². The maximum Gasteiger partial charge on any atom is 0.336 e. The van der Waals surface area contributed by atoms with E-state index in [1.165, 1.54) is 16.7 Å². The van der Waals surface area contributed by atoms with Crippen LogP contribution < -0.4 is 9.64 Å². The molecule has 2 aromatic heterocycles. The first-order chi connectivity index (χ1) is 23.3. The minimum Gasteiger partial charge on any atom is -0.494 e. The van der Waals surface area contributed by atoms with E-state index in [0.717, 1.165) is 50.0 Å². The minimum atomic E-state index is -1.03. The van der Waals surface area contributed by atoms with Crippen molar-refractivity contribution in [3.63, 3.8) is 0 Å². The summed E-state index contributed by atoms with van der Waals surface area (Å²) in [5.41, 5.74) is 11.5. The van der Waals surface area contributed by atoms with Crippen LogP contribution >= 0.6 is 11.6 Å². The number of benzene rings is 3. The molecule has 49 heavy (non-hydrogen) atoms. The fourth-order valence-corrected chi connectivity index (χ4v) is 7.66. The molecule has 3 heterocycles. The molecule has 1 N–H and O–H groups in total. The first kappa shape index (κ1) is 34.1. The van der Waals surface area contributed by atoms with Crippen molar-refractivity contribution in [3.8, 4) is 5.75 Å². The summed E-state index contributed by atoms with van der Waals surface area (Å²) in [5, 5.41) is 12.4. The summed E-state index contributed by atoms with van der Waals surface area (Å²) in [6, 6.07) is 13.5. The van der Waals surface area contributed by atoms with E-state index < -0.39 is 5.97 Å². The average molecular weight is 678 g/mol. The summed E-state index contributed by atoms with van der Waals surface area (Å²) in [7, 11) is 1.88. The van der Waals surface area contributed by atoms with Crippen LogP contribution in [0.5, 0.6) is 5.75 Å². The van der Waals surface area contributed by atoms with Gasteiger partial charge in [-0.05, 0) is 125 Å². The third kappa shape index (κ3) is 6.05. The molecule has 8 heteroatoms. The molecule has 0 bridgehead atoms. The van der Waals surface area contributed by atoms with Crippen LogP contribution in [0.2, 0.25) is 5.02 Å². The number of aryl methyl sites for hydroxylation is 5. The third-order valence-electron chi connectivity index (χ3n) is 9.94. The molecular formula is C41H44ClN3O4. The number of hydrogen-bond acceptors (Lipinski definition) is 3. The number of anilines is 1. The van der Waals surface area contributed by atoms with Gasteiger partial charge < -0.3 is 23.9 Å². The highest BCUT2D eigenvalue weighted by molar-refractivity contribution is 6.34. The van der Waals surface area contributed by atoms with Crippen LogP contribution in [0.4, 0.5) is 5.69 Å². The Morgan fingerprint density at radius 3 is 2.37 bits per heavy atom. The normalized spacial score (nSPS) is 13.1. The zero-order chi connectivity index (χ0) is 35.3. The smallest absolute Gasteiger partial charge is 0.336 e. The zero-order valence-electron chi connectivity index (χ0n) is 29.5. The number of rotatable bonds is 9. The Labute approximate surface area is 293 Å². The maximum atomic E-state index is 14.9. The fourth-order valence-electron chi connectivity index (χ4n) is 7.41. The Hall–Kier alpha value is -4.75. The number of allylic oxidation sites excluding steroid dienone is 3. The lowest BCUT2D eigenvalue weighted by Gasteiger charge is -2.22. The van der Waals surface area contributed by atoms with Crippen LogP contribution in [-0.4, -0.2) is 39.3 Å². The Bertz CT molecular complexity index is 2190. The van der Waals surface area contributed by atoms with Crippen LogP contribution in [0.1, 0.15) is 82.3 Å². The number of amides is 1. The number of carbonyl (C=O) groups excluding carboxylic acids is 1. The molecule has 7 nitrogen and oxygen atoms in total. The monoisotopic (exact) mass is 677 g/mol. The number of carboxylic acid groups (broad SMARTS) is 1. The SMILES string of the molecule is C=C(C)C(=C(C)C)c1c(Cl)ccc2c(CCCOc3cc(C)c(C)c(C)c3)c3n(c12)CCCN(c1cc(C(=O)O)c2ccn(C)c2c1)C3=O. The van der Waals surface area contributed by atoms with Crippen molar-refractivity contribution in [2.45, 2.75) is 67.3 Å². The van der Waals surface area contributed by atoms with E-state index in [-0.39, 0.29) is 11.5 Å². The molecule has 0 radical (unpaired) electrons. The fraction of sp³-hybridized carbons (Fsp3) is 0.317. The van der Waals surface area contributed by atoms with Gasteiger partial charge in [0.1, 0.15) is 11.4 Å². The van der Waals surface area contributed by atoms with Crippen LogP contribution in [-0.2, 0) is 20.0 Å². The van der Waals surface area contributed by atoms with Crippen molar-refractivity contribution >= 4 is 56.5 Å². The highest BCUT2D eigenvalue weighted by Crippen LogP contribution is 2.42. The van der Waals surface area contributed by atoms with Gasteiger partial charge in [0.15, 0.2) is 0 Å². The average Bonchev–Trinajstić information content (AvgIpc) is 3.51. The molecule has 0 aliphatic carbocycles. The van der Waals surface area contributed by atoms with Gasteiger partial charge in [0.05, 0.1) is 28.2 Å². The Morgan fingerprint density at radius 2 is 1.71 bits per heavy atom. The van der Waals surface area contributed by atoms with Crippen LogP contribution in [0.15, 0.2) is 66.4 Å². The molecule has 3 aromatic carbocycles. The Morgan fingerprint density at radius 1 is 1.00 bits per heavy atom. The second kappa shape index (κ2) is 13.3. The summed E-state index contributed by atoms with van der Waals surface area (Å²) < 4.78 is 10.3. The van der Waals surface area contributed by atoms with Crippen molar-refractivity contribution in [3.05, 3.63) is 110 Å². The number of fused-ring (bicyclic) bond motifs is 4. The van der Waals surface area contributed by atoms with Gasteiger partial charge in [-0.1, -0.05) is 35.4 Å². The van der Waals surface area contributed by atoms with Crippen molar-refractivity contribution < 1.29 is 19.4 Å². The summed E-state index contributed by atoms with van der Waals surface area (Å²) in [4.78, 5) is 29.0. The highest BCUT2D eigenvalue weighted by Gasteiger charge is 2.32. The quantitative estimate of drug-likeness (QED) is 0.124. The lowest BCUT2D eigenvalue weighted by molar-refractivity contribution is 0.0698. The number of aromatic carboxylic acids is 1. The predicted molar refractivity (Wildman–Crippen MR) is 201 cm³/mol. The van der Waals surface area contributed by atoms with Gasteiger partial charge in [-0.2, -0.15) is 0 Å². The third-order valence-corrected chi connectivity index (χ3v) is 10.3. The van der Waals surface area contributed by atoms with Gasteiger partial charge in [-0.3, -0.25) is 4.79 Å². The lowest BCUT2D eigenvalue weighted by Crippen LogP contribution is -2.32. The van der Waals surface area contributed by atoms with Gasteiger partial charge in [0, 0.05) is 48.4 Å². The molecular weight excluding hydrogens is 634 g/mol. The number of hydrogen-bond donors (Lipinski definition) is 1. The van der Waals surface area contributed by atoms with Crippen molar-refractivity contribution in [1.29, 1.82) is 0 Å². The van der Waals surface area contributed by atoms with Crippen LogP contribution in [0, 0.1) is 20.8 Å². The summed E-state index contributed by atoms with van der Waals surface area (Å²) in [6.45, 7) is 18.2. The van der Waals surface area contributed by atoms with E-state index in [1.807, 2.05) is 42.9 Å². The highest BCUT2D eigenvalue weighted by atomic mass is 35.5. The molecule has 0 fully saturated rings. The Balaban J connectivity index is 1.49. The van der Waals surface area contributed by atoms with Gasteiger partial charge >= 0.3 is 5.97 Å². The molecule has 1 aliphatic heterocycles. The largest absolute Gasteiger partial charge is 0.494 e. The molecule has 6 rings (SSSR count). The van der Waals surface area contributed by atoms with E-state index in [4.69, 9.17) is 16.3 Å². The molecule has 0 atom stereocenters. The van der Waals surface area contributed by atoms with Gasteiger partial charge in [0.25, 0.3) is 5.91 Å². The summed E-state index contributed by atoms with van der Waals surface area (Å²) in [6.07, 6.45) is 3.82. The lowest BCUT2D eigenvalue weighted by atomic mass is 9.93. The standard InChI is InChI=1S/C41H44ClN3O4/c1-23(2)36(24(3)4)37-34(42)13-12-32-31(11-9-18-49-29-19-25(5)27(7)26(6)20-29)39-40(46)44(15-10-16-45(39)38(32)37)28-21-33(41(47)48)30-14-17-43(8)35(30)22-28/h12-14,17,19-22H,1,9-11,15-16,18H2,2-8H3,(H,47,48). The minimum absolute atomic E-state index is 0.157. The Kier molecular flexibility index (Phi) is 9.25. The van der Waals surface area contributed by atoms with E-state index in [0.29, 0.717) is 60.7 Å². The molecule has 0 unspecified atom stereocenters. The van der Waals surface area contributed by atoms with E-state index in [2.05, 4.69) is 57.9 Å². The van der Waals surface area contributed by atoms with Gasteiger partial charge in [-0.15, -0.1) is 0 Å².